The molecule has 1 fully saturated rings. The summed E-state index contributed by atoms with van der Waals surface area (Å²) in [5.41, 5.74) is 4.36. The molecule has 5 nitrogen and oxygen atoms in total. The topological polar surface area (TPSA) is 53.9 Å². The van der Waals surface area contributed by atoms with Crippen LogP contribution in [0, 0.1) is 11.7 Å². The Labute approximate surface area is 156 Å². The standard InChI is InChI=1S/C19H22FN3O2S/c1-21-18(15-4-6-17(20)7-5-15)22-25-12-14-3-2-9-23(11-14)19(24)16-8-10-26-13-16/h4-8,10,13-14H,2-3,9,11-12H2,1H3,(H,21,22)/t14-/m0/s1. The number of amidine groups is 1. The lowest BCUT2D eigenvalue weighted by Crippen LogP contribution is -2.42. The van der Waals surface area contributed by atoms with E-state index in [0.29, 0.717) is 19.0 Å². The van der Waals surface area contributed by atoms with Gasteiger partial charge in [-0.15, -0.1) is 0 Å². The third kappa shape index (κ3) is 4.68. The molecule has 1 amide bonds. The van der Waals surface area contributed by atoms with Gasteiger partial charge in [-0.1, -0.05) is 0 Å². The van der Waals surface area contributed by atoms with Crippen LogP contribution in [0.1, 0.15) is 28.8 Å². The molecule has 0 unspecified atom stereocenters. The summed E-state index contributed by atoms with van der Waals surface area (Å²) in [6.07, 6.45) is 1.99. The Morgan fingerprint density at radius 2 is 2.15 bits per heavy atom. The highest BCUT2D eigenvalue weighted by molar-refractivity contribution is 7.08. The number of nitrogens with zero attached hydrogens (tertiary/aromatic N) is 2. The van der Waals surface area contributed by atoms with E-state index in [1.54, 1.807) is 19.2 Å². The molecule has 1 aliphatic rings. The van der Waals surface area contributed by atoms with Gasteiger partial charge in [0.1, 0.15) is 5.82 Å². The van der Waals surface area contributed by atoms with Crippen molar-refractivity contribution in [1.29, 1.82) is 0 Å². The highest BCUT2D eigenvalue weighted by atomic mass is 32.1. The minimum absolute atomic E-state index is 0.0889. The van der Waals surface area contributed by atoms with E-state index in [1.807, 2.05) is 21.7 Å². The van der Waals surface area contributed by atoms with Gasteiger partial charge in [-0.3, -0.25) is 14.6 Å². The lowest BCUT2D eigenvalue weighted by Gasteiger charge is -2.32. The SMILES string of the molecule is CN=C(NOC[C@H]1CCCN(C(=O)c2ccsc2)C1)c1ccc(F)cc1. The zero-order chi connectivity index (χ0) is 18.4. The van der Waals surface area contributed by atoms with Crippen molar-refractivity contribution in [2.75, 3.05) is 26.7 Å². The molecule has 2 aromatic rings. The second-order valence-electron chi connectivity index (χ2n) is 6.26. The van der Waals surface area contributed by atoms with Gasteiger partial charge in [-0.2, -0.15) is 11.3 Å². The van der Waals surface area contributed by atoms with Crippen molar-refractivity contribution in [2.24, 2.45) is 10.9 Å². The highest BCUT2D eigenvalue weighted by Gasteiger charge is 2.25. The second kappa shape index (κ2) is 8.91. The number of hydroxylamine groups is 1. The first kappa shape index (κ1) is 18.5. The van der Waals surface area contributed by atoms with Crippen LogP contribution >= 0.6 is 11.3 Å². The average Bonchev–Trinajstić information content (AvgIpc) is 3.21. The summed E-state index contributed by atoms with van der Waals surface area (Å²) in [5.74, 6) is 0.617. The van der Waals surface area contributed by atoms with Crippen molar-refractivity contribution in [3.05, 3.63) is 58.0 Å². The number of hydrogen-bond donors (Lipinski definition) is 1. The van der Waals surface area contributed by atoms with Gasteiger partial charge in [0.25, 0.3) is 5.91 Å². The number of halogens is 1. The van der Waals surface area contributed by atoms with Crippen molar-refractivity contribution in [2.45, 2.75) is 12.8 Å². The molecule has 0 saturated carbocycles. The van der Waals surface area contributed by atoms with Gasteiger partial charge in [0.2, 0.25) is 0 Å². The summed E-state index contributed by atoms with van der Waals surface area (Å²) in [6, 6.07) is 7.93. The van der Waals surface area contributed by atoms with Gasteiger partial charge in [0.15, 0.2) is 5.84 Å². The van der Waals surface area contributed by atoms with E-state index in [0.717, 1.165) is 30.5 Å². The summed E-state index contributed by atoms with van der Waals surface area (Å²) in [7, 11) is 1.65. The van der Waals surface area contributed by atoms with Crippen molar-refractivity contribution < 1.29 is 14.0 Å². The Kier molecular flexibility index (Phi) is 6.35. The number of aliphatic imine (C=N–C) groups is 1. The molecule has 7 heteroatoms. The minimum atomic E-state index is -0.289. The number of amides is 1. The Morgan fingerprint density at radius 3 is 2.85 bits per heavy atom. The monoisotopic (exact) mass is 375 g/mol. The molecule has 1 saturated heterocycles. The molecule has 1 aliphatic heterocycles. The normalized spacial score (nSPS) is 18.0. The van der Waals surface area contributed by atoms with Crippen molar-refractivity contribution in [3.8, 4) is 0 Å². The molecular weight excluding hydrogens is 353 g/mol. The third-order valence-electron chi connectivity index (χ3n) is 4.40. The molecule has 26 heavy (non-hydrogen) atoms. The van der Waals surface area contributed by atoms with E-state index in [9.17, 15) is 9.18 Å². The lowest BCUT2D eigenvalue weighted by atomic mass is 9.98. The maximum atomic E-state index is 13.0. The number of thiophene rings is 1. The second-order valence-corrected chi connectivity index (χ2v) is 7.04. The van der Waals surface area contributed by atoms with E-state index in [2.05, 4.69) is 10.5 Å². The number of benzene rings is 1. The predicted molar refractivity (Wildman–Crippen MR) is 101 cm³/mol. The smallest absolute Gasteiger partial charge is 0.254 e. The first-order valence-electron chi connectivity index (χ1n) is 8.59. The molecule has 0 spiro atoms. The maximum Gasteiger partial charge on any atom is 0.254 e. The highest BCUT2D eigenvalue weighted by Crippen LogP contribution is 2.19. The number of likely N-dealkylation sites (tertiary alicyclic amines) is 1. The van der Waals surface area contributed by atoms with Crippen molar-refractivity contribution in [3.63, 3.8) is 0 Å². The van der Waals surface area contributed by atoms with Gasteiger partial charge in [0.05, 0.1) is 12.2 Å². The summed E-state index contributed by atoms with van der Waals surface area (Å²) in [6.45, 7) is 1.95. The largest absolute Gasteiger partial charge is 0.338 e. The summed E-state index contributed by atoms with van der Waals surface area (Å²) < 4.78 is 13.0. The van der Waals surface area contributed by atoms with Gasteiger partial charge in [-0.25, -0.2) is 9.87 Å². The van der Waals surface area contributed by atoms with Crippen LogP contribution in [0.2, 0.25) is 0 Å². The van der Waals surface area contributed by atoms with E-state index in [-0.39, 0.29) is 17.6 Å². The predicted octanol–water partition coefficient (Wildman–Crippen LogP) is 3.34. The van der Waals surface area contributed by atoms with Crippen LogP contribution in [-0.2, 0) is 4.84 Å². The average molecular weight is 375 g/mol. The molecule has 1 N–H and O–H groups in total. The lowest BCUT2D eigenvalue weighted by molar-refractivity contribution is 0.0267. The summed E-state index contributed by atoms with van der Waals surface area (Å²) in [5, 5.41) is 3.80. The Balaban J connectivity index is 1.49. The number of rotatable bonds is 5. The van der Waals surface area contributed by atoms with Crippen LogP contribution in [0.5, 0.6) is 0 Å². The number of nitrogens with one attached hydrogen (secondary N) is 1. The molecule has 3 rings (SSSR count). The van der Waals surface area contributed by atoms with Crippen LogP contribution in [0.3, 0.4) is 0 Å². The van der Waals surface area contributed by atoms with E-state index in [1.165, 1.54) is 23.5 Å². The molecule has 138 valence electrons. The van der Waals surface area contributed by atoms with E-state index < -0.39 is 0 Å². The van der Waals surface area contributed by atoms with Crippen LogP contribution in [0.25, 0.3) is 0 Å². The zero-order valence-electron chi connectivity index (χ0n) is 14.7. The van der Waals surface area contributed by atoms with E-state index >= 15 is 0 Å². The molecule has 0 bridgehead atoms. The summed E-state index contributed by atoms with van der Waals surface area (Å²) in [4.78, 5) is 24.1. The van der Waals surface area contributed by atoms with Crippen molar-refractivity contribution >= 4 is 23.1 Å². The fraction of sp³-hybridized carbons (Fsp3) is 0.368. The number of hydrogen-bond acceptors (Lipinski definition) is 4. The minimum Gasteiger partial charge on any atom is -0.338 e. The van der Waals surface area contributed by atoms with E-state index in [4.69, 9.17) is 4.84 Å². The summed E-state index contributed by atoms with van der Waals surface area (Å²) >= 11 is 1.53. The molecule has 1 aromatic carbocycles. The number of carbonyl (C=O) groups excluding carboxylic acids is 1. The van der Waals surface area contributed by atoms with Gasteiger partial charge >= 0.3 is 0 Å². The fourth-order valence-corrected chi connectivity index (χ4v) is 3.65. The Morgan fingerprint density at radius 1 is 1.35 bits per heavy atom. The Hall–Kier alpha value is -2.25. The first-order chi connectivity index (χ1) is 12.7. The number of piperidine rings is 1. The van der Waals surface area contributed by atoms with Crippen LogP contribution in [-0.4, -0.2) is 43.4 Å². The quantitative estimate of drug-likeness (QED) is 0.495. The fourth-order valence-electron chi connectivity index (χ4n) is 3.02. The molecular formula is C19H22FN3O2S. The molecule has 0 aliphatic carbocycles. The van der Waals surface area contributed by atoms with Gasteiger partial charge in [-0.05, 0) is 48.6 Å². The van der Waals surface area contributed by atoms with Crippen molar-refractivity contribution in [1.82, 2.24) is 10.4 Å². The number of carbonyl (C=O) groups is 1. The maximum absolute atomic E-state index is 13.0. The third-order valence-corrected chi connectivity index (χ3v) is 5.09. The molecule has 0 radical (unpaired) electrons. The molecule has 1 atom stereocenters. The molecule has 2 heterocycles. The van der Waals surface area contributed by atoms with Crippen LogP contribution in [0.4, 0.5) is 4.39 Å². The van der Waals surface area contributed by atoms with Gasteiger partial charge < -0.3 is 4.90 Å². The van der Waals surface area contributed by atoms with Crippen LogP contribution < -0.4 is 5.48 Å². The van der Waals surface area contributed by atoms with Crippen LogP contribution in [0.15, 0.2) is 46.1 Å². The first-order valence-corrected chi connectivity index (χ1v) is 9.53. The Bertz CT molecular complexity index is 747. The van der Waals surface area contributed by atoms with Gasteiger partial charge in [0, 0.05) is 37.0 Å². The zero-order valence-corrected chi connectivity index (χ0v) is 15.5. The molecule has 1 aromatic heterocycles.